The van der Waals surface area contributed by atoms with Crippen molar-refractivity contribution in [3.05, 3.63) is 35.6 Å². The highest BCUT2D eigenvalue weighted by atomic mass is 32.1. The molecule has 1 fully saturated rings. The van der Waals surface area contributed by atoms with E-state index in [1.165, 1.54) is 25.0 Å². The highest BCUT2D eigenvalue weighted by Gasteiger charge is 2.13. The van der Waals surface area contributed by atoms with Crippen molar-refractivity contribution >= 4 is 17.3 Å². The third kappa shape index (κ3) is 2.92. The minimum absolute atomic E-state index is 0.203. The lowest BCUT2D eigenvalue weighted by Gasteiger charge is -2.19. The molecule has 0 radical (unpaired) electrons. The number of thiocarbonyl (C=S) groups is 1. The van der Waals surface area contributed by atoms with Crippen LogP contribution in [-0.2, 0) is 6.54 Å². The number of nitrogens with zero attached hydrogens (tertiary/aromatic N) is 1. The maximum atomic E-state index is 12.7. The van der Waals surface area contributed by atoms with Crippen molar-refractivity contribution in [2.75, 3.05) is 13.1 Å². The van der Waals surface area contributed by atoms with Crippen molar-refractivity contribution in [1.29, 1.82) is 0 Å². The van der Waals surface area contributed by atoms with Crippen molar-refractivity contribution in [3.63, 3.8) is 0 Å². The quantitative estimate of drug-likeness (QED) is 0.796. The molecule has 1 heterocycles. The first-order valence-corrected chi connectivity index (χ1v) is 5.94. The molecule has 1 aromatic rings. The van der Waals surface area contributed by atoms with Gasteiger partial charge in [-0.1, -0.05) is 12.1 Å². The van der Waals surface area contributed by atoms with Gasteiger partial charge < -0.3 is 10.2 Å². The molecule has 0 aliphatic carbocycles. The molecule has 0 bridgehead atoms. The SMILES string of the molecule is Fc1ccc(CNC(=S)N2CCCC2)cc1. The second-order valence-corrected chi connectivity index (χ2v) is 4.37. The van der Waals surface area contributed by atoms with Gasteiger partial charge in [-0.05, 0) is 42.8 Å². The molecule has 1 aliphatic rings. The summed E-state index contributed by atoms with van der Waals surface area (Å²) in [4.78, 5) is 2.18. The standard InChI is InChI=1S/C12H15FN2S/c13-11-5-3-10(4-6-11)9-14-12(16)15-7-1-2-8-15/h3-6H,1-2,7-9H2,(H,14,16). The summed E-state index contributed by atoms with van der Waals surface area (Å²) in [6.07, 6.45) is 2.44. The van der Waals surface area contributed by atoms with Crippen LogP contribution in [0, 0.1) is 5.82 Å². The molecule has 0 atom stereocenters. The topological polar surface area (TPSA) is 15.3 Å². The van der Waals surface area contributed by atoms with Gasteiger partial charge >= 0.3 is 0 Å². The fraction of sp³-hybridized carbons (Fsp3) is 0.417. The average molecular weight is 238 g/mol. The first-order chi connectivity index (χ1) is 7.75. The van der Waals surface area contributed by atoms with Crippen LogP contribution < -0.4 is 5.32 Å². The van der Waals surface area contributed by atoms with Crippen molar-refractivity contribution in [3.8, 4) is 0 Å². The summed E-state index contributed by atoms with van der Waals surface area (Å²) in [5.41, 5.74) is 1.04. The molecule has 16 heavy (non-hydrogen) atoms. The van der Waals surface area contributed by atoms with E-state index in [9.17, 15) is 4.39 Å². The number of likely N-dealkylation sites (tertiary alicyclic amines) is 1. The number of nitrogens with one attached hydrogen (secondary N) is 1. The van der Waals surface area contributed by atoms with Crippen LogP contribution in [0.5, 0.6) is 0 Å². The van der Waals surface area contributed by atoms with Crippen LogP contribution >= 0.6 is 12.2 Å². The fourth-order valence-corrected chi connectivity index (χ4v) is 2.07. The average Bonchev–Trinajstić information content (AvgIpc) is 2.81. The summed E-state index contributed by atoms with van der Waals surface area (Å²) in [5, 5.41) is 4.00. The van der Waals surface area contributed by atoms with Crippen LogP contribution in [0.25, 0.3) is 0 Å². The zero-order chi connectivity index (χ0) is 11.4. The molecule has 0 unspecified atom stereocenters. The summed E-state index contributed by atoms with van der Waals surface area (Å²) in [6, 6.07) is 6.48. The van der Waals surface area contributed by atoms with E-state index in [0.29, 0.717) is 6.54 Å². The number of hydrogen-bond donors (Lipinski definition) is 1. The van der Waals surface area contributed by atoms with E-state index in [4.69, 9.17) is 12.2 Å². The highest BCUT2D eigenvalue weighted by Crippen LogP contribution is 2.08. The molecule has 1 N–H and O–H groups in total. The van der Waals surface area contributed by atoms with Crippen molar-refractivity contribution in [1.82, 2.24) is 10.2 Å². The largest absolute Gasteiger partial charge is 0.358 e. The van der Waals surface area contributed by atoms with Gasteiger partial charge in [0.05, 0.1) is 0 Å². The van der Waals surface area contributed by atoms with E-state index in [2.05, 4.69) is 10.2 Å². The van der Waals surface area contributed by atoms with Gasteiger partial charge in [-0.25, -0.2) is 4.39 Å². The van der Waals surface area contributed by atoms with E-state index in [0.717, 1.165) is 23.8 Å². The minimum atomic E-state index is -0.203. The van der Waals surface area contributed by atoms with Crippen LogP contribution in [0.3, 0.4) is 0 Å². The van der Waals surface area contributed by atoms with Gasteiger partial charge in [-0.2, -0.15) is 0 Å². The van der Waals surface area contributed by atoms with Crippen LogP contribution in [0.15, 0.2) is 24.3 Å². The third-order valence-corrected chi connectivity index (χ3v) is 3.15. The smallest absolute Gasteiger partial charge is 0.169 e. The number of rotatable bonds is 2. The molecule has 1 aromatic carbocycles. The Bertz CT molecular complexity index is 358. The fourth-order valence-electron chi connectivity index (χ4n) is 1.81. The summed E-state index contributed by atoms with van der Waals surface area (Å²) in [6.45, 7) is 2.76. The van der Waals surface area contributed by atoms with Crippen molar-refractivity contribution in [2.45, 2.75) is 19.4 Å². The van der Waals surface area contributed by atoms with Gasteiger partial charge in [-0.3, -0.25) is 0 Å². The molecular formula is C12H15FN2S. The maximum absolute atomic E-state index is 12.7. The van der Waals surface area contributed by atoms with Gasteiger partial charge in [0, 0.05) is 19.6 Å². The molecule has 86 valence electrons. The third-order valence-electron chi connectivity index (χ3n) is 2.75. The first kappa shape index (κ1) is 11.3. The Balaban J connectivity index is 1.82. The van der Waals surface area contributed by atoms with Crippen LogP contribution in [0.1, 0.15) is 18.4 Å². The number of hydrogen-bond acceptors (Lipinski definition) is 1. The first-order valence-electron chi connectivity index (χ1n) is 5.53. The monoisotopic (exact) mass is 238 g/mol. The van der Waals surface area contributed by atoms with Crippen molar-refractivity contribution in [2.24, 2.45) is 0 Å². The molecule has 0 spiro atoms. The van der Waals surface area contributed by atoms with Crippen LogP contribution in [-0.4, -0.2) is 23.1 Å². The molecule has 2 rings (SSSR count). The second kappa shape index (κ2) is 5.25. The number of benzene rings is 1. The maximum Gasteiger partial charge on any atom is 0.169 e. The summed E-state index contributed by atoms with van der Waals surface area (Å²) >= 11 is 5.28. The Morgan fingerprint density at radius 2 is 1.88 bits per heavy atom. The molecule has 0 amide bonds. The Morgan fingerprint density at radius 1 is 1.25 bits per heavy atom. The Labute approximate surface area is 100 Å². The molecule has 1 saturated heterocycles. The predicted octanol–water partition coefficient (Wildman–Crippen LogP) is 2.30. The zero-order valence-corrected chi connectivity index (χ0v) is 9.89. The molecule has 2 nitrogen and oxygen atoms in total. The Kier molecular flexibility index (Phi) is 3.72. The van der Waals surface area contributed by atoms with Crippen molar-refractivity contribution < 1.29 is 4.39 Å². The van der Waals surface area contributed by atoms with Gasteiger partial charge in [0.1, 0.15) is 5.82 Å². The summed E-state index contributed by atoms with van der Waals surface area (Å²) in [5.74, 6) is -0.203. The second-order valence-electron chi connectivity index (χ2n) is 3.98. The lowest BCUT2D eigenvalue weighted by Crippen LogP contribution is -2.37. The van der Waals surface area contributed by atoms with Gasteiger partial charge in [0.2, 0.25) is 0 Å². The van der Waals surface area contributed by atoms with E-state index in [-0.39, 0.29) is 5.82 Å². The van der Waals surface area contributed by atoms with Gasteiger partial charge in [-0.15, -0.1) is 0 Å². The van der Waals surface area contributed by atoms with E-state index >= 15 is 0 Å². The summed E-state index contributed by atoms with van der Waals surface area (Å²) < 4.78 is 12.7. The van der Waals surface area contributed by atoms with E-state index < -0.39 is 0 Å². The Morgan fingerprint density at radius 3 is 2.50 bits per heavy atom. The Hall–Kier alpha value is -1.16. The molecular weight excluding hydrogens is 223 g/mol. The lowest BCUT2D eigenvalue weighted by molar-refractivity contribution is 0.506. The zero-order valence-electron chi connectivity index (χ0n) is 9.08. The van der Waals surface area contributed by atoms with Gasteiger partial charge in [0.25, 0.3) is 0 Å². The molecule has 0 saturated carbocycles. The lowest BCUT2D eigenvalue weighted by atomic mass is 10.2. The van der Waals surface area contributed by atoms with Crippen LogP contribution in [0.2, 0.25) is 0 Å². The van der Waals surface area contributed by atoms with Crippen LogP contribution in [0.4, 0.5) is 4.39 Å². The summed E-state index contributed by atoms with van der Waals surface area (Å²) in [7, 11) is 0. The molecule has 1 aliphatic heterocycles. The van der Waals surface area contributed by atoms with E-state index in [1.54, 1.807) is 12.1 Å². The highest BCUT2D eigenvalue weighted by molar-refractivity contribution is 7.80. The minimum Gasteiger partial charge on any atom is -0.358 e. The van der Waals surface area contributed by atoms with E-state index in [1.807, 2.05) is 0 Å². The molecule has 4 heteroatoms. The number of halogens is 1. The normalized spacial score (nSPS) is 15.2. The predicted molar refractivity (Wildman–Crippen MR) is 66.6 cm³/mol. The van der Waals surface area contributed by atoms with Gasteiger partial charge in [0.15, 0.2) is 5.11 Å². The molecule has 0 aromatic heterocycles.